The number of para-hydroxylation sites is 1. The summed E-state index contributed by atoms with van der Waals surface area (Å²) in [6.45, 7) is 2.25. The summed E-state index contributed by atoms with van der Waals surface area (Å²) < 4.78 is 0. The third kappa shape index (κ3) is 1.37. The van der Waals surface area contributed by atoms with Gasteiger partial charge in [0.15, 0.2) is 0 Å². The highest BCUT2D eigenvalue weighted by Gasteiger charge is 2.34. The van der Waals surface area contributed by atoms with E-state index in [-0.39, 0.29) is 5.41 Å². The zero-order chi connectivity index (χ0) is 10.1. The molecule has 0 saturated carbocycles. The summed E-state index contributed by atoms with van der Waals surface area (Å²) in [5.74, 6) is 0. The van der Waals surface area contributed by atoms with E-state index in [9.17, 15) is 0 Å². The average molecular weight is 200 g/mol. The van der Waals surface area contributed by atoms with Crippen molar-refractivity contribution < 1.29 is 0 Å². The molecule has 0 aromatic heterocycles. The molecular formula is C13H16N2. The molecule has 0 bridgehead atoms. The van der Waals surface area contributed by atoms with Crippen LogP contribution in [0.4, 0.5) is 5.69 Å². The molecule has 0 amide bonds. The normalized spacial score (nSPS) is 22.1. The molecule has 2 nitrogen and oxygen atoms in total. The number of nitrogens with one attached hydrogen (secondary N) is 2. The SMILES string of the molecule is C1=CC2(CCNCC2)c2ccccc2N1. The van der Waals surface area contributed by atoms with E-state index in [0.717, 1.165) is 13.1 Å². The summed E-state index contributed by atoms with van der Waals surface area (Å²) in [7, 11) is 0. The Bertz CT molecular complexity index is 389. The van der Waals surface area contributed by atoms with Crippen molar-refractivity contribution in [2.75, 3.05) is 18.4 Å². The third-order valence-electron chi connectivity index (χ3n) is 3.60. The van der Waals surface area contributed by atoms with Crippen LogP contribution in [0.1, 0.15) is 18.4 Å². The van der Waals surface area contributed by atoms with Crippen molar-refractivity contribution in [1.82, 2.24) is 5.32 Å². The second-order valence-corrected chi connectivity index (χ2v) is 4.43. The Hall–Kier alpha value is -1.28. The molecule has 1 aromatic carbocycles. The van der Waals surface area contributed by atoms with Gasteiger partial charge >= 0.3 is 0 Å². The van der Waals surface area contributed by atoms with Crippen molar-refractivity contribution in [2.45, 2.75) is 18.3 Å². The molecule has 1 aromatic rings. The van der Waals surface area contributed by atoms with Crippen LogP contribution in [0.25, 0.3) is 0 Å². The first-order chi connectivity index (χ1) is 7.41. The van der Waals surface area contributed by atoms with Gasteiger partial charge < -0.3 is 10.6 Å². The molecule has 2 N–H and O–H groups in total. The van der Waals surface area contributed by atoms with Crippen molar-refractivity contribution in [2.24, 2.45) is 0 Å². The lowest BCUT2D eigenvalue weighted by molar-refractivity contribution is 0.372. The fraction of sp³-hybridized carbons (Fsp3) is 0.385. The van der Waals surface area contributed by atoms with Crippen molar-refractivity contribution in [1.29, 1.82) is 0 Å². The van der Waals surface area contributed by atoms with Crippen LogP contribution in [0, 0.1) is 0 Å². The predicted molar refractivity (Wildman–Crippen MR) is 63.0 cm³/mol. The number of anilines is 1. The monoisotopic (exact) mass is 200 g/mol. The minimum Gasteiger partial charge on any atom is -0.362 e. The van der Waals surface area contributed by atoms with E-state index in [2.05, 4.69) is 47.2 Å². The Morgan fingerprint density at radius 2 is 1.87 bits per heavy atom. The number of hydrogen-bond acceptors (Lipinski definition) is 2. The van der Waals surface area contributed by atoms with Crippen LogP contribution in [0.2, 0.25) is 0 Å². The van der Waals surface area contributed by atoms with Gasteiger partial charge in [-0.15, -0.1) is 0 Å². The molecule has 0 atom stereocenters. The van der Waals surface area contributed by atoms with Gasteiger partial charge in [-0.3, -0.25) is 0 Å². The van der Waals surface area contributed by atoms with Gasteiger partial charge in [0.05, 0.1) is 0 Å². The van der Waals surface area contributed by atoms with E-state index >= 15 is 0 Å². The molecule has 0 radical (unpaired) electrons. The van der Waals surface area contributed by atoms with Gasteiger partial charge in [-0.1, -0.05) is 24.3 Å². The van der Waals surface area contributed by atoms with Crippen LogP contribution in [0.5, 0.6) is 0 Å². The van der Waals surface area contributed by atoms with Gasteiger partial charge in [0.1, 0.15) is 0 Å². The van der Waals surface area contributed by atoms with Gasteiger partial charge in [0.2, 0.25) is 0 Å². The van der Waals surface area contributed by atoms with E-state index < -0.39 is 0 Å². The van der Waals surface area contributed by atoms with Gasteiger partial charge in [0.25, 0.3) is 0 Å². The van der Waals surface area contributed by atoms with Crippen molar-refractivity contribution in [3.05, 3.63) is 42.1 Å². The van der Waals surface area contributed by atoms with E-state index in [4.69, 9.17) is 0 Å². The Morgan fingerprint density at radius 3 is 2.73 bits per heavy atom. The highest BCUT2D eigenvalue weighted by molar-refractivity contribution is 5.61. The Balaban J connectivity index is 2.08. The second kappa shape index (κ2) is 3.38. The summed E-state index contributed by atoms with van der Waals surface area (Å²) in [6, 6.07) is 8.67. The number of fused-ring (bicyclic) bond motifs is 2. The van der Waals surface area contributed by atoms with Crippen molar-refractivity contribution in [3.63, 3.8) is 0 Å². The first-order valence-corrected chi connectivity index (χ1v) is 5.65. The molecule has 1 fully saturated rings. The van der Waals surface area contributed by atoms with Crippen LogP contribution >= 0.6 is 0 Å². The van der Waals surface area contributed by atoms with Crippen LogP contribution in [0.3, 0.4) is 0 Å². The lowest BCUT2D eigenvalue weighted by Gasteiger charge is -2.39. The van der Waals surface area contributed by atoms with Crippen LogP contribution in [0.15, 0.2) is 36.5 Å². The molecule has 1 spiro atoms. The van der Waals surface area contributed by atoms with Gasteiger partial charge in [-0.2, -0.15) is 0 Å². The Labute approximate surface area is 90.4 Å². The fourth-order valence-corrected chi connectivity index (χ4v) is 2.73. The van der Waals surface area contributed by atoms with E-state index in [0.29, 0.717) is 0 Å². The zero-order valence-corrected chi connectivity index (χ0v) is 8.79. The van der Waals surface area contributed by atoms with Crippen molar-refractivity contribution >= 4 is 5.69 Å². The molecule has 3 rings (SSSR count). The summed E-state index contributed by atoms with van der Waals surface area (Å²) in [5, 5.41) is 6.77. The van der Waals surface area contributed by atoms with Gasteiger partial charge in [0, 0.05) is 11.1 Å². The second-order valence-electron chi connectivity index (χ2n) is 4.43. The molecule has 1 saturated heterocycles. The quantitative estimate of drug-likeness (QED) is 0.671. The first kappa shape index (κ1) is 8.98. The molecule has 0 aliphatic carbocycles. The lowest BCUT2D eigenvalue weighted by Crippen LogP contribution is -2.40. The molecule has 78 valence electrons. The number of rotatable bonds is 0. The Morgan fingerprint density at radius 1 is 1.07 bits per heavy atom. The topological polar surface area (TPSA) is 24.1 Å². The average Bonchev–Trinajstić information content (AvgIpc) is 2.31. The molecule has 2 heteroatoms. The molecule has 2 aliphatic rings. The molecule has 2 heterocycles. The van der Waals surface area contributed by atoms with Crippen LogP contribution < -0.4 is 10.6 Å². The summed E-state index contributed by atoms with van der Waals surface area (Å²) in [5.41, 5.74) is 3.03. The third-order valence-corrected chi connectivity index (χ3v) is 3.60. The zero-order valence-electron chi connectivity index (χ0n) is 8.79. The predicted octanol–water partition coefficient (Wildman–Crippen LogP) is 2.25. The lowest BCUT2D eigenvalue weighted by atomic mass is 9.71. The maximum Gasteiger partial charge on any atom is 0.0421 e. The standard InChI is InChI=1S/C13H16N2/c1-2-4-12-11(3-1)13(7-10-15-12)5-8-14-9-6-13/h1-4,7,10,14-15H,5-6,8-9H2. The number of piperidine rings is 1. The summed E-state index contributed by atoms with van der Waals surface area (Å²) in [6.07, 6.45) is 6.87. The van der Waals surface area contributed by atoms with Crippen molar-refractivity contribution in [3.8, 4) is 0 Å². The largest absolute Gasteiger partial charge is 0.362 e. The fourth-order valence-electron chi connectivity index (χ4n) is 2.73. The highest BCUT2D eigenvalue weighted by Crippen LogP contribution is 2.41. The van der Waals surface area contributed by atoms with Gasteiger partial charge in [-0.05, 0) is 43.8 Å². The maximum absolute atomic E-state index is 3.43. The van der Waals surface area contributed by atoms with E-state index in [1.165, 1.54) is 24.1 Å². The van der Waals surface area contributed by atoms with Crippen LogP contribution in [-0.4, -0.2) is 13.1 Å². The maximum atomic E-state index is 3.43. The smallest absolute Gasteiger partial charge is 0.0421 e. The first-order valence-electron chi connectivity index (χ1n) is 5.65. The number of benzene rings is 1. The number of hydrogen-bond donors (Lipinski definition) is 2. The summed E-state index contributed by atoms with van der Waals surface area (Å²) >= 11 is 0. The Kier molecular flexibility index (Phi) is 2.03. The van der Waals surface area contributed by atoms with E-state index in [1.54, 1.807) is 0 Å². The molecular weight excluding hydrogens is 184 g/mol. The highest BCUT2D eigenvalue weighted by atomic mass is 14.9. The van der Waals surface area contributed by atoms with Gasteiger partial charge in [-0.25, -0.2) is 0 Å². The molecule has 2 aliphatic heterocycles. The summed E-state index contributed by atoms with van der Waals surface area (Å²) in [4.78, 5) is 0. The minimum absolute atomic E-state index is 0.285. The van der Waals surface area contributed by atoms with E-state index in [1.807, 2.05) is 0 Å². The molecule has 0 unspecified atom stereocenters. The molecule has 15 heavy (non-hydrogen) atoms. The number of allylic oxidation sites excluding steroid dienone is 1. The minimum atomic E-state index is 0.285. The van der Waals surface area contributed by atoms with Crippen LogP contribution in [-0.2, 0) is 5.41 Å².